The van der Waals surface area contributed by atoms with E-state index >= 15 is 0 Å². The van der Waals surface area contributed by atoms with E-state index < -0.39 is 16.1 Å². The van der Waals surface area contributed by atoms with Gasteiger partial charge in [-0.15, -0.1) is 11.3 Å². The second-order valence-electron chi connectivity index (χ2n) is 8.09. The van der Waals surface area contributed by atoms with Crippen molar-refractivity contribution in [3.63, 3.8) is 0 Å². The van der Waals surface area contributed by atoms with Gasteiger partial charge in [0.15, 0.2) is 5.13 Å². The van der Waals surface area contributed by atoms with E-state index in [-0.39, 0.29) is 23.2 Å². The van der Waals surface area contributed by atoms with Crippen LogP contribution < -0.4 is 4.90 Å². The van der Waals surface area contributed by atoms with Gasteiger partial charge in [0, 0.05) is 17.8 Å². The van der Waals surface area contributed by atoms with Crippen molar-refractivity contribution in [2.45, 2.75) is 36.6 Å². The second-order valence-corrected chi connectivity index (χ2v) is 13.3. The van der Waals surface area contributed by atoms with Crippen LogP contribution in [0.4, 0.5) is 5.13 Å². The summed E-state index contributed by atoms with van der Waals surface area (Å²) in [5, 5.41) is 1.07. The number of rotatable bonds is 6. The Labute approximate surface area is 221 Å². The molecular weight excluding hydrogens is 547 g/mol. The monoisotopic (exact) mass is 566 g/mol. The van der Waals surface area contributed by atoms with Crippen molar-refractivity contribution in [3.05, 3.63) is 69.3 Å². The zero-order valence-electron chi connectivity index (χ0n) is 18.5. The van der Waals surface area contributed by atoms with Crippen LogP contribution in [-0.4, -0.2) is 41.2 Å². The molecule has 3 aromatic heterocycles. The number of halogens is 2. The van der Waals surface area contributed by atoms with Gasteiger partial charge in [0.25, 0.3) is 10.0 Å². The maximum absolute atomic E-state index is 14.0. The number of carbonyl (C=O) groups excluding carboxylic acids is 1. The number of pyridine rings is 1. The third-order valence-electron chi connectivity index (χ3n) is 5.88. The van der Waals surface area contributed by atoms with Crippen molar-refractivity contribution in [1.29, 1.82) is 0 Å². The molecule has 1 aliphatic heterocycles. The first-order valence-electron chi connectivity index (χ1n) is 10.8. The lowest BCUT2D eigenvalue weighted by atomic mass is 10.2. The highest BCUT2D eigenvalue weighted by Gasteiger charge is 2.42. The maximum atomic E-state index is 14.0. The molecule has 7 nitrogen and oxygen atoms in total. The third kappa shape index (κ3) is 4.71. The molecule has 4 heterocycles. The van der Waals surface area contributed by atoms with Crippen molar-refractivity contribution in [1.82, 2.24) is 14.3 Å². The minimum absolute atomic E-state index is 0.128. The van der Waals surface area contributed by atoms with Gasteiger partial charge < -0.3 is 0 Å². The van der Waals surface area contributed by atoms with E-state index in [0.717, 1.165) is 27.1 Å². The van der Waals surface area contributed by atoms with Gasteiger partial charge in [-0.3, -0.25) is 14.7 Å². The van der Waals surface area contributed by atoms with Crippen molar-refractivity contribution in [2.24, 2.45) is 0 Å². The molecule has 5 rings (SSSR count). The van der Waals surface area contributed by atoms with Gasteiger partial charge >= 0.3 is 0 Å². The first-order valence-corrected chi connectivity index (χ1v) is 14.6. The quantitative estimate of drug-likeness (QED) is 0.296. The van der Waals surface area contributed by atoms with Crippen molar-refractivity contribution in [3.8, 4) is 0 Å². The normalized spacial score (nSPS) is 16.7. The number of thiophene rings is 1. The van der Waals surface area contributed by atoms with Crippen LogP contribution in [0.15, 0.2) is 52.9 Å². The Hall–Kier alpha value is -2.08. The third-order valence-corrected chi connectivity index (χ3v) is 10.9. The molecule has 0 aliphatic carbocycles. The number of anilines is 1. The molecule has 0 N–H and O–H groups in total. The minimum Gasteiger partial charge on any atom is -0.281 e. The fourth-order valence-electron chi connectivity index (χ4n) is 4.10. The zero-order chi connectivity index (χ0) is 24.7. The van der Waals surface area contributed by atoms with Gasteiger partial charge in [-0.25, -0.2) is 13.4 Å². The number of hydrogen-bond donors (Lipinski definition) is 0. The summed E-state index contributed by atoms with van der Waals surface area (Å²) >= 11 is 14.6. The molecule has 12 heteroatoms. The van der Waals surface area contributed by atoms with Gasteiger partial charge in [-0.1, -0.05) is 40.6 Å². The number of nitrogens with zero attached hydrogens (tertiary/aromatic N) is 4. The summed E-state index contributed by atoms with van der Waals surface area (Å²) in [5.74, 6) is -0.331. The zero-order valence-corrected chi connectivity index (χ0v) is 22.5. The molecule has 1 unspecified atom stereocenters. The van der Waals surface area contributed by atoms with E-state index in [2.05, 4.69) is 4.98 Å². The average Bonchev–Trinajstić information content (AvgIpc) is 3.60. The fraction of sp³-hybridized carbons (Fsp3) is 0.261. The van der Waals surface area contributed by atoms with E-state index in [9.17, 15) is 13.2 Å². The Morgan fingerprint density at radius 1 is 1.17 bits per heavy atom. The smallest absolute Gasteiger partial charge is 0.253 e. The lowest BCUT2D eigenvalue weighted by Crippen LogP contribution is -2.47. The number of aromatic nitrogens is 2. The molecule has 0 saturated carbocycles. The molecule has 1 amide bonds. The van der Waals surface area contributed by atoms with Crippen molar-refractivity contribution in [2.75, 3.05) is 11.4 Å². The van der Waals surface area contributed by atoms with Crippen LogP contribution in [0.3, 0.4) is 0 Å². The summed E-state index contributed by atoms with van der Waals surface area (Å²) in [7, 11) is -3.87. The Morgan fingerprint density at radius 2 is 2.00 bits per heavy atom. The standard InChI is InChI=1S/C23H20Cl2N4O3S3/c1-14-16(24)7-8-18-21(14)27-23(33-18)28(13-15-5-2-3-11-26-15)22(30)17-6-4-12-29(17)35(31,32)20-10-9-19(25)34-20/h2-3,5,7-11,17H,4,6,12-13H2,1H3. The molecule has 0 radical (unpaired) electrons. The molecule has 182 valence electrons. The van der Waals surface area contributed by atoms with Gasteiger partial charge in [0.1, 0.15) is 10.3 Å². The van der Waals surface area contributed by atoms with Crippen LogP contribution in [0, 0.1) is 6.92 Å². The van der Waals surface area contributed by atoms with Gasteiger partial charge in [-0.2, -0.15) is 4.31 Å². The lowest BCUT2D eigenvalue weighted by molar-refractivity contribution is -0.121. The summed E-state index contributed by atoms with van der Waals surface area (Å²) in [4.78, 5) is 24.6. The molecular formula is C23H20Cl2N4O3S3. The largest absolute Gasteiger partial charge is 0.281 e. The number of aryl methyl sites for hydroxylation is 1. The molecule has 4 aromatic rings. The van der Waals surface area contributed by atoms with E-state index in [0.29, 0.717) is 33.0 Å². The number of amides is 1. The first-order chi connectivity index (χ1) is 16.8. The molecule has 1 atom stereocenters. The summed E-state index contributed by atoms with van der Waals surface area (Å²) in [6, 6.07) is 11.3. The van der Waals surface area contributed by atoms with Gasteiger partial charge in [0.05, 0.1) is 26.8 Å². The molecule has 1 fully saturated rings. The molecule has 0 spiro atoms. The predicted octanol–water partition coefficient (Wildman–Crippen LogP) is 5.75. The highest BCUT2D eigenvalue weighted by Crippen LogP contribution is 2.37. The summed E-state index contributed by atoms with van der Waals surface area (Å²) in [5.41, 5.74) is 2.23. The highest BCUT2D eigenvalue weighted by atomic mass is 35.5. The second kappa shape index (κ2) is 9.76. The van der Waals surface area contributed by atoms with Crippen molar-refractivity contribution >= 4 is 77.2 Å². The van der Waals surface area contributed by atoms with Crippen LogP contribution in [-0.2, 0) is 21.4 Å². The molecule has 0 bridgehead atoms. The molecule has 1 aromatic carbocycles. The van der Waals surface area contributed by atoms with Crippen LogP contribution in [0.5, 0.6) is 0 Å². The predicted molar refractivity (Wildman–Crippen MR) is 141 cm³/mol. The first kappa shape index (κ1) is 24.6. The Kier molecular flexibility index (Phi) is 6.86. The maximum Gasteiger partial charge on any atom is 0.253 e. The number of thiazole rings is 1. The topological polar surface area (TPSA) is 83.5 Å². The van der Waals surface area contributed by atoms with Gasteiger partial charge in [-0.05, 0) is 61.7 Å². The molecule has 1 aliphatic rings. The number of hydrogen-bond acceptors (Lipinski definition) is 7. The number of carbonyl (C=O) groups is 1. The average molecular weight is 568 g/mol. The fourth-order valence-corrected chi connectivity index (χ4v) is 8.55. The molecule has 35 heavy (non-hydrogen) atoms. The Balaban J connectivity index is 1.54. The van der Waals surface area contributed by atoms with Crippen LogP contribution in [0.1, 0.15) is 24.1 Å². The minimum atomic E-state index is -3.87. The highest BCUT2D eigenvalue weighted by molar-refractivity contribution is 7.91. The Bertz CT molecular complexity index is 1500. The summed E-state index contributed by atoms with van der Waals surface area (Å²) < 4.78 is 29.4. The SMILES string of the molecule is Cc1c(Cl)ccc2sc(N(Cc3ccccn3)C(=O)C3CCCN3S(=O)(=O)c3ccc(Cl)s3)nc12. The van der Waals surface area contributed by atoms with Crippen LogP contribution in [0.2, 0.25) is 9.36 Å². The van der Waals surface area contributed by atoms with Gasteiger partial charge in [0.2, 0.25) is 5.91 Å². The van der Waals surface area contributed by atoms with Crippen LogP contribution >= 0.6 is 45.9 Å². The number of benzene rings is 1. The van der Waals surface area contributed by atoms with E-state index in [1.807, 2.05) is 31.2 Å². The van der Waals surface area contributed by atoms with E-state index in [1.54, 1.807) is 23.2 Å². The number of fused-ring (bicyclic) bond motifs is 1. The van der Waals surface area contributed by atoms with Crippen molar-refractivity contribution < 1.29 is 13.2 Å². The summed E-state index contributed by atoms with van der Waals surface area (Å²) in [6.45, 7) is 2.32. The number of sulfonamides is 1. The van der Waals surface area contributed by atoms with E-state index in [4.69, 9.17) is 28.2 Å². The molecule has 1 saturated heterocycles. The Morgan fingerprint density at radius 3 is 2.71 bits per heavy atom. The van der Waals surface area contributed by atoms with Crippen LogP contribution in [0.25, 0.3) is 10.2 Å². The lowest BCUT2D eigenvalue weighted by Gasteiger charge is -2.28. The summed E-state index contributed by atoms with van der Waals surface area (Å²) in [6.07, 6.45) is 2.67. The van der Waals surface area contributed by atoms with E-state index in [1.165, 1.54) is 21.7 Å².